The van der Waals surface area contributed by atoms with Crippen molar-refractivity contribution in [1.82, 2.24) is 9.55 Å². The quantitative estimate of drug-likeness (QED) is 0.671. The second kappa shape index (κ2) is 7.14. The molecule has 1 aromatic heterocycles. The van der Waals surface area contributed by atoms with Crippen LogP contribution in [0.4, 0.5) is 4.79 Å². The van der Waals surface area contributed by atoms with Crippen LogP contribution in [0, 0.1) is 0 Å². The average molecular weight is 332 g/mol. The van der Waals surface area contributed by atoms with Crippen LogP contribution >= 0.6 is 0 Å². The normalized spacial score (nSPS) is 19.8. The summed E-state index contributed by atoms with van der Waals surface area (Å²) in [5, 5.41) is 0. The molecule has 1 N–H and O–H groups in total. The monoisotopic (exact) mass is 332 g/mol. The lowest BCUT2D eigenvalue weighted by atomic mass is 10.2. The third kappa shape index (κ3) is 3.90. The smallest absolute Gasteiger partial charge is 0.431 e. The second-order valence-electron chi connectivity index (χ2n) is 5.28. The number of para-hydroxylation sites is 1. The standard InChI is InChI=1S/C16H16N2O6/c19-13-8-9-18(15(20)17-13)14-7-6-12(23-14)10-22-16(21)24-11-4-2-1-3-5-11/h1-5,8-9,12,14H,6-7,10H2,(H,17,19,20). The number of benzene rings is 1. The molecule has 1 aromatic carbocycles. The maximum Gasteiger partial charge on any atom is 0.513 e. The van der Waals surface area contributed by atoms with Gasteiger partial charge in [0, 0.05) is 12.3 Å². The highest BCUT2D eigenvalue weighted by molar-refractivity contribution is 5.63. The molecule has 1 aliphatic rings. The Labute approximate surface area is 136 Å². The Morgan fingerprint density at radius 3 is 2.75 bits per heavy atom. The Bertz CT molecular complexity index is 813. The van der Waals surface area contributed by atoms with Gasteiger partial charge in [-0.1, -0.05) is 18.2 Å². The molecular weight excluding hydrogens is 316 g/mol. The number of aromatic amines is 1. The molecule has 1 aliphatic heterocycles. The highest BCUT2D eigenvalue weighted by Crippen LogP contribution is 2.27. The van der Waals surface area contributed by atoms with Crippen molar-refractivity contribution >= 4 is 6.16 Å². The van der Waals surface area contributed by atoms with Crippen LogP contribution in [0.2, 0.25) is 0 Å². The van der Waals surface area contributed by atoms with Gasteiger partial charge in [0.25, 0.3) is 5.56 Å². The Kier molecular flexibility index (Phi) is 4.76. The first-order chi connectivity index (χ1) is 11.6. The van der Waals surface area contributed by atoms with E-state index >= 15 is 0 Å². The molecule has 1 fully saturated rings. The SMILES string of the molecule is O=C(OCC1CCC(n2ccc(=O)[nH]c2=O)O1)Oc1ccccc1. The first-order valence-electron chi connectivity index (χ1n) is 7.48. The van der Waals surface area contributed by atoms with Crippen LogP contribution in [0.25, 0.3) is 0 Å². The van der Waals surface area contributed by atoms with Gasteiger partial charge in [-0.3, -0.25) is 14.3 Å². The molecule has 2 atom stereocenters. The highest BCUT2D eigenvalue weighted by atomic mass is 16.7. The van der Waals surface area contributed by atoms with Gasteiger partial charge in [0.1, 0.15) is 18.6 Å². The second-order valence-corrected chi connectivity index (χ2v) is 5.28. The van der Waals surface area contributed by atoms with Gasteiger partial charge in [0.2, 0.25) is 0 Å². The number of rotatable bonds is 4. The van der Waals surface area contributed by atoms with E-state index in [1.807, 2.05) is 6.07 Å². The van der Waals surface area contributed by atoms with Crippen molar-refractivity contribution in [2.45, 2.75) is 25.2 Å². The lowest BCUT2D eigenvalue weighted by Gasteiger charge is -2.15. The Balaban J connectivity index is 1.50. The largest absolute Gasteiger partial charge is 0.513 e. The van der Waals surface area contributed by atoms with Crippen molar-refractivity contribution < 1.29 is 19.0 Å². The van der Waals surface area contributed by atoms with Crippen molar-refractivity contribution in [2.24, 2.45) is 0 Å². The van der Waals surface area contributed by atoms with E-state index in [0.717, 1.165) is 0 Å². The number of hydrogen-bond donors (Lipinski definition) is 1. The number of carbonyl (C=O) groups is 1. The minimum atomic E-state index is -0.811. The maximum atomic E-state index is 11.7. The minimum Gasteiger partial charge on any atom is -0.431 e. The molecule has 0 aliphatic carbocycles. The van der Waals surface area contributed by atoms with Gasteiger partial charge in [-0.05, 0) is 25.0 Å². The molecule has 2 heterocycles. The minimum absolute atomic E-state index is 0.0280. The average Bonchev–Trinajstić information content (AvgIpc) is 3.02. The van der Waals surface area contributed by atoms with E-state index in [9.17, 15) is 14.4 Å². The molecule has 0 radical (unpaired) electrons. The summed E-state index contributed by atoms with van der Waals surface area (Å²) in [6.45, 7) is 0.0280. The van der Waals surface area contributed by atoms with Crippen molar-refractivity contribution in [2.75, 3.05) is 6.61 Å². The number of H-pyrrole nitrogens is 1. The summed E-state index contributed by atoms with van der Waals surface area (Å²) < 4.78 is 17.0. The Morgan fingerprint density at radius 1 is 1.21 bits per heavy atom. The molecule has 8 nitrogen and oxygen atoms in total. The van der Waals surface area contributed by atoms with E-state index in [2.05, 4.69) is 4.98 Å². The molecule has 0 spiro atoms. The molecule has 0 saturated carbocycles. The summed E-state index contributed by atoms with van der Waals surface area (Å²) in [6.07, 6.45) is 0.945. The topological polar surface area (TPSA) is 99.6 Å². The summed E-state index contributed by atoms with van der Waals surface area (Å²) in [4.78, 5) is 36.6. The fourth-order valence-electron chi connectivity index (χ4n) is 2.44. The van der Waals surface area contributed by atoms with Crippen molar-refractivity contribution in [3.63, 3.8) is 0 Å². The Morgan fingerprint density at radius 2 is 2.00 bits per heavy atom. The van der Waals surface area contributed by atoms with Crippen molar-refractivity contribution in [3.8, 4) is 5.75 Å². The van der Waals surface area contributed by atoms with E-state index in [1.54, 1.807) is 24.3 Å². The number of carbonyl (C=O) groups excluding carboxylic acids is 1. The number of nitrogens with zero attached hydrogens (tertiary/aromatic N) is 1. The van der Waals surface area contributed by atoms with Gasteiger partial charge in [-0.25, -0.2) is 9.59 Å². The zero-order valence-electron chi connectivity index (χ0n) is 12.7. The number of nitrogens with one attached hydrogen (secondary N) is 1. The first kappa shape index (κ1) is 16.0. The van der Waals surface area contributed by atoms with Gasteiger partial charge in [-0.2, -0.15) is 0 Å². The van der Waals surface area contributed by atoms with Crippen LogP contribution in [-0.4, -0.2) is 28.4 Å². The number of aromatic nitrogens is 2. The molecule has 24 heavy (non-hydrogen) atoms. The van der Waals surface area contributed by atoms with Crippen LogP contribution in [0.3, 0.4) is 0 Å². The summed E-state index contributed by atoms with van der Waals surface area (Å²) in [6, 6.07) is 9.84. The van der Waals surface area contributed by atoms with E-state index in [-0.39, 0.29) is 12.7 Å². The molecule has 3 rings (SSSR count). The maximum absolute atomic E-state index is 11.7. The molecule has 0 bridgehead atoms. The van der Waals surface area contributed by atoms with Gasteiger partial charge in [-0.15, -0.1) is 0 Å². The van der Waals surface area contributed by atoms with Gasteiger partial charge in [0.15, 0.2) is 0 Å². The van der Waals surface area contributed by atoms with Crippen LogP contribution in [-0.2, 0) is 9.47 Å². The molecule has 8 heteroatoms. The fraction of sp³-hybridized carbons (Fsp3) is 0.312. The van der Waals surface area contributed by atoms with Crippen LogP contribution in [0.15, 0.2) is 52.2 Å². The molecular formula is C16H16N2O6. The summed E-state index contributed by atoms with van der Waals surface area (Å²) >= 11 is 0. The third-order valence-electron chi connectivity index (χ3n) is 3.58. The van der Waals surface area contributed by atoms with Gasteiger partial charge < -0.3 is 14.2 Å². The predicted molar refractivity (Wildman–Crippen MR) is 82.9 cm³/mol. The molecule has 126 valence electrons. The lowest BCUT2D eigenvalue weighted by molar-refractivity contribution is -0.0337. The summed E-state index contributed by atoms with van der Waals surface area (Å²) in [7, 11) is 0. The van der Waals surface area contributed by atoms with Gasteiger partial charge in [0.05, 0.1) is 6.10 Å². The highest BCUT2D eigenvalue weighted by Gasteiger charge is 2.28. The summed E-state index contributed by atoms with van der Waals surface area (Å²) in [5.74, 6) is 0.396. The molecule has 2 aromatic rings. The Hall–Kier alpha value is -2.87. The zero-order chi connectivity index (χ0) is 16.9. The van der Waals surface area contributed by atoms with E-state index < -0.39 is 23.6 Å². The number of hydrogen-bond acceptors (Lipinski definition) is 6. The van der Waals surface area contributed by atoms with E-state index in [4.69, 9.17) is 14.2 Å². The van der Waals surface area contributed by atoms with Crippen LogP contribution < -0.4 is 16.0 Å². The molecule has 2 unspecified atom stereocenters. The third-order valence-corrected chi connectivity index (χ3v) is 3.58. The predicted octanol–water partition coefficient (Wildman–Crippen LogP) is 1.43. The zero-order valence-corrected chi connectivity index (χ0v) is 12.7. The van der Waals surface area contributed by atoms with Crippen LogP contribution in [0.1, 0.15) is 19.1 Å². The van der Waals surface area contributed by atoms with Gasteiger partial charge >= 0.3 is 11.8 Å². The van der Waals surface area contributed by atoms with Crippen molar-refractivity contribution in [3.05, 3.63) is 63.4 Å². The molecule has 0 amide bonds. The molecule has 1 saturated heterocycles. The van der Waals surface area contributed by atoms with Crippen molar-refractivity contribution in [1.29, 1.82) is 0 Å². The number of ether oxygens (including phenoxy) is 3. The van der Waals surface area contributed by atoms with E-state index in [0.29, 0.717) is 18.6 Å². The van der Waals surface area contributed by atoms with Crippen LogP contribution in [0.5, 0.6) is 5.75 Å². The fourth-order valence-corrected chi connectivity index (χ4v) is 2.44. The summed E-state index contributed by atoms with van der Waals surface area (Å²) in [5.41, 5.74) is -0.990. The lowest BCUT2D eigenvalue weighted by Crippen LogP contribution is -2.32. The van der Waals surface area contributed by atoms with E-state index in [1.165, 1.54) is 16.8 Å². The first-order valence-corrected chi connectivity index (χ1v) is 7.48.